The van der Waals surface area contributed by atoms with Crippen molar-refractivity contribution in [3.8, 4) is 17.2 Å². The van der Waals surface area contributed by atoms with Gasteiger partial charge < -0.3 is 18.9 Å². The number of nitrogens with zero attached hydrogens (tertiary/aromatic N) is 2. The van der Waals surface area contributed by atoms with Crippen molar-refractivity contribution < 1.29 is 38.3 Å². The van der Waals surface area contributed by atoms with E-state index in [4.69, 9.17) is 18.9 Å². The number of non-ortho nitro benzene ring substituents is 1. The highest BCUT2D eigenvalue weighted by Crippen LogP contribution is 2.42. The van der Waals surface area contributed by atoms with Gasteiger partial charge in [-0.15, -0.1) is 0 Å². The fourth-order valence-corrected chi connectivity index (χ4v) is 6.45. The number of ether oxygens (including phenoxy) is 4. The van der Waals surface area contributed by atoms with Crippen molar-refractivity contribution in [3.05, 3.63) is 165 Å². The second-order valence-corrected chi connectivity index (χ2v) is 12.4. The van der Waals surface area contributed by atoms with E-state index in [1.165, 1.54) is 47.4 Å². The van der Waals surface area contributed by atoms with Gasteiger partial charge in [-0.2, -0.15) is 0 Å². The van der Waals surface area contributed by atoms with Crippen LogP contribution < -0.4 is 14.2 Å². The highest BCUT2D eigenvalue weighted by atomic mass is 16.6. The normalized spacial score (nSPS) is 12.4. The molecule has 0 aliphatic carbocycles. The van der Waals surface area contributed by atoms with Crippen LogP contribution in [-0.2, 0) is 10.3 Å². The van der Waals surface area contributed by atoms with Crippen molar-refractivity contribution in [1.29, 1.82) is 0 Å². The Labute approximate surface area is 306 Å². The van der Waals surface area contributed by atoms with E-state index in [2.05, 4.69) is 12.1 Å². The van der Waals surface area contributed by atoms with E-state index in [0.29, 0.717) is 13.0 Å². The molecular weight excluding hydrogens is 676 g/mol. The molecule has 5 aromatic rings. The SMILES string of the molecule is COc1ccc(C(OCCCCCCN2C(=O)c3ccc(C(=O)Oc4ccc([N+](=O)[O-])cc4)cc3C2=O)(c2ccccc2)c2ccc(OC)cc2)cc1. The van der Waals surface area contributed by atoms with Gasteiger partial charge in [-0.05, 0) is 84.1 Å². The molecular formula is C42H38N2O9. The molecule has 6 rings (SSSR count). The zero-order chi connectivity index (χ0) is 37.4. The molecule has 5 aromatic carbocycles. The van der Waals surface area contributed by atoms with Gasteiger partial charge in [-0.25, -0.2) is 4.79 Å². The van der Waals surface area contributed by atoms with Gasteiger partial charge in [0, 0.05) is 25.3 Å². The molecule has 1 aliphatic rings. The summed E-state index contributed by atoms with van der Waals surface area (Å²) in [6, 6.07) is 35.1. The number of hydrogen-bond donors (Lipinski definition) is 0. The zero-order valence-corrected chi connectivity index (χ0v) is 29.4. The molecule has 0 saturated heterocycles. The average Bonchev–Trinajstić information content (AvgIpc) is 3.44. The Bertz CT molecular complexity index is 2030. The van der Waals surface area contributed by atoms with E-state index in [0.717, 1.165) is 47.5 Å². The number of imide groups is 1. The van der Waals surface area contributed by atoms with E-state index in [1.807, 2.05) is 66.7 Å². The molecule has 2 amide bonds. The molecule has 0 aromatic heterocycles. The van der Waals surface area contributed by atoms with Crippen LogP contribution in [-0.4, -0.2) is 55.0 Å². The van der Waals surface area contributed by atoms with Crippen LogP contribution in [0.5, 0.6) is 17.2 Å². The third kappa shape index (κ3) is 7.80. The number of nitro groups is 1. The number of nitro benzene ring substituents is 1. The van der Waals surface area contributed by atoms with Gasteiger partial charge in [0.05, 0.1) is 35.8 Å². The third-order valence-electron chi connectivity index (χ3n) is 9.23. The van der Waals surface area contributed by atoms with Crippen LogP contribution in [0.2, 0.25) is 0 Å². The highest BCUT2D eigenvalue weighted by Gasteiger charge is 2.38. The standard InChI is InChI=1S/C42H38N2O9/c1-50-34-19-13-31(14-20-34)42(30-10-6-5-7-11-30,32-15-21-35(51-2)22-16-32)52-27-9-4-3-8-26-43-39(45)37-25-12-29(28-38(37)40(43)46)41(47)53-36-23-17-33(18-24-36)44(48)49/h5-7,10-25,28H,3-4,8-9,26-27H2,1-2H3. The van der Waals surface area contributed by atoms with E-state index in [1.54, 1.807) is 14.2 Å². The Hall–Kier alpha value is -6.33. The molecule has 53 heavy (non-hydrogen) atoms. The smallest absolute Gasteiger partial charge is 0.343 e. The summed E-state index contributed by atoms with van der Waals surface area (Å²) in [5.74, 6) is -0.0296. The monoisotopic (exact) mass is 714 g/mol. The van der Waals surface area contributed by atoms with Crippen molar-refractivity contribution >= 4 is 23.5 Å². The van der Waals surface area contributed by atoms with Crippen LogP contribution in [0.1, 0.15) is 73.4 Å². The second kappa shape index (κ2) is 16.3. The summed E-state index contributed by atoms with van der Waals surface area (Å²) < 4.78 is 23.1. The average molecular weight is 715 g/mol. The van der Waals surface area contributed by atoms with Gasteiger partial charge in [-0.1, -0.05) is 67.4 Å². The molecule has 0 saturated carbocycles. The first-order chi connectivity index (χ1) is 25.7. The number of hydrogen-bond acceptors (Lipinski definition) is 9. The predicted molar refractivity (Wildman–Crippen MR) is 197 cm³/mol. The number of esters is 1. The molecule has 1 heterocycles. The number of methoxy groups -OCH3 is 2. The summed E-state index contributed by atoms with van der Waals surface area (Å²) in [7, 11) is 3.27. The Morgan fingerprint density at radius 1 is 0.660 bits per heavy atom. The van der Waals surface area contributed by atoms with Crippen LogP contribution >= 0.6 is 0 Å². The Balaban J connectivity index is 1.07. The summed E-state index contributed by atoms with van der Waals surface area (Å²) >= 11 is 0. The van der Waals surface area contributed by atoms with Crippen LogP contribution in [0.25, 0.3) is 0 Å². The molecule has 0 N–H and O–H groups in total. The van der Waals surface area contributed by atoms with E-state index in [-0.39, 0.29) is 34.7 Å². The summed E-state index contributed by atoms with van der Waals surface area (Å²) in [6.07, 6.45) is 2.90. The first-order valence-corrected chi connectivity index (χ1v) is 17.2. The molecule has 1 aliphatic heterocycles. The lowest BCUT2D eigenvalue weighted by Gasteiger charge is -2.36. The van der Waals surface area contributed by atoms with E-state index < -0.39 is 28.3 Å². The molecule has 0 spiro atoms. The summed E-state index contributed by atoms with van der Waals surface area (Å²) in [6.45, 7) is 0.681. The van der Waals surface area contributed by atoms with Gasteiger partial charge in [0.2, 0.25) is 0 Å². The number of rotatable bonds is 16. The van der Waals surface area contributed by atoms with Crippen molar-refractivity contribution in [1.82, 2.24) is 4.90 Å². The molecule has 0 unspecified atom stereocenters. The van der Waals surface area contributed by atoms with Crippen molar-refractivity contribution in [2.24, 2.45) is 0 Å². The minimum absolute atomic E-state index is 0.0842. The molecule has 270 valence electrons. The molecule has 0 fully saturated rings. The van der Waals surface area contributed by atoms with Crippen molar-refractivity contribution in [2.75, 3.05) is 27.4 Å². The lowest BCUT2D eigenvalue weighted by atomic mass is 9.80. The second-order valence-electron chi connectivity index (χ2n) is 12.4. The Morgan fingerprint density at radius 3 is 1.79 bits per heavy atom. The Kier molecular flexibility index (Phi) is 11.2. The van der Waals surface area contributed by atoms with Crippen LogP contribution in [0.15, 0.2) is 121 Å². The highest BCUT2D eigenvalue weighted by molar-refractivity contribution is 6.22. The summed E-state index contributed by atoms with van der Waals surface area (Å²) in [5, 5.41) is 10.9. The molecule has 0 bridgehead atoms. The van der Waals surface area contributed by atoms with E-state index >= 15 is 0 Å². The maximum atomic E-state index is 13.3. The maximum absolute atomic E-state index is 13.3. The van der Waals surface area contributed by atoms with E-state index in [9.17, 15) is 24.5 Å². The first kappa shape index (κ1) is 36.5. The van der Waals surface area contributed by atoms with Crippen LogP contribution in [0, 0.1) is 10.1 Å². The van der Waals surface area contributed by atoms with Gasteiger partial charge >= 0.3 is 5.97 Å². The summed E-state index contributed by atoms with van der Waals surface area (Å²) in [5.41, 5.74) is 2.27. The van der Waals surface area contributed by atoms with Crippen molar-refractivity contribution in [3.63, 3.8) is 0 Å². The number of amides is 2. The lowest BCUT2D eigenvalue weighted by molar-refractivity contribution is -0.384. The zero-order valence-electron chi connectivity index (χ0n) is 29.4. The Morgan fingerprint density at radius 2 is 1.21 bits per heavy atom. The maximum Gasteiger partial charge on any atom is 0.343 e. The van der Waals surface area contributed by atoms with Gasteiger partial charge in [0.1, 0.15) is 22.8 Å². The number of benzene rings is 5. The number of unbranched alkanes of at least 4 members (excludes halogenated alkanes) is 3. The third-order valence-corrected chi connectivity index (χ3v) is 9.23. The number of carbonyl (C=O) groups is 3. The van der Waals surface area contributed by atoms with Crippen LogP contribution in [0.3, 0.4) is 0 Å². The molecule has 11 nitrogen and oxygen atoms in total. The largest absolute Gasteiger partial charge is 0.497 e. The summed E-state index contributed by atoms with van der Waals surface area (Å²) in [4.78, 5) is 50.7. The first-order valence-electron chi connectivity index (χ1n) is 17.2. The van der Waals surface area contributed by atoms with Crippen LogP contribution in [0.4, 0.5) is 5.69 Å². The fraction of sp³-hybridized carbons (Fsp3) is 0.214. The predicted octanol–water partition coefficient (Wildman–Crippen LogP) is 8.00. The quantitative estimate of drug-likeness (QED) is 0.0190. The fourth-order valence-electron chi connectivity index (χ4n) is 6.45. The number of carbonyl (C=O) groups excluding carboxylic acids is 3. The van der Waals surface area contributed by atoms with Gasteiger partial charge in [-0.3, -0.25) is 24.6 Å². The molecule has 0 atom stereocenters. The number of fused-ring (bicyclic) bond motifs is 1. The minimum Gasteiger partial charge on any atom is -0.497 e. The molecule has 0 radical (unpaired) electrons. The lowest BCUT2D eigenvalue weighted by Crippen LogP contribution is -2.33. The molecule has 11 heteroatoms. The van der Waals surface area contributed by atoms with Gasteiger partial charge in [0.25, 0.3) is 17.5 Å². The van der Waals surface area contributed by atoms with Gasteiger partial charge in [0.15, 0.2) is 0 Å². The topological polar surface area (TPSA) is 135 Å². The minimum atomic E-state index is -0.910. The van der Waals surface area contributed by atoms with Crippen molar-refractivity contribution in [2.45, 2.75) is 31.3 Å².